The number of nitrogens with one attached hydrogen (secondary N) is 1. The SMILES string of the molecule is Cc1cc(C)c2c(OCC(=O)Nc3nc(-c4ccc(Br)cc4)c(C)s3)nn(C)c2n1. The van der Waals surface area contributed by atoms with Crippen molar-refractivity contribution in [3.8, 4) is 17.1 Å². The van der Waals surface area contributed by atoms with Crippen molar-refractivity contribution in [1.29, 1.82) is 0 Å². The first-order valence-corrected chi connectivity index (χ1v) is 10.9. The van der Waals surface area contributed by atoms with E-state index in [9.17, 15) is 4.79 Å². The second-order valence-corrected chi connectivity index (χ2v) is 9.09. The van der Waals surface area contributed by atoms with E-state index in [-0.39, 0.29) is 12.5 Å². The highest BCUT2D eigenvalue weighted by molar-refractivity contribution is 9.10. The Hall–Kier alpha value is -2.78. The Labute approximate surface area is 186 Å². The number of pyridine rings is 1. The molecule has 4 rings (SSSR count). The largest absolute Gasteiger partial charge is 0.466 e. The molecule has 3 aromatic heterocycles. The molecule has 0 saturated heterocycles. The molecule has 0 spiro atoms. The minimum atomic E-state index is -0.289. The van der Waals surface area contributed by atoms with Gasteiger partial charge >= 0.3 is 0 Å². The highest BCUT2D eigenvalue weighted by Crippen LogP contribution is 2.31. The van der Waals surface area contributed by atoms with E-state index < -0.39 is 0 Å². The Morgan fingerprint density at radius 1 is 1.20 bits per heavy atom. The maximum absolute atomic E-state index is 12.4. The molecule has 0 radical (unpaired) electrons. The van der Waals surface area contributed by atoms with Gasteiger partial charge in [0.05, 0.1) is 11.1 Å². The minimum absolute atomic E-state index is 0.161. The molecule has 0 saturated carbocycles. The van der Waals surface area contributed by atoms with Gasteiger partial charge in [0.2, 0.25) is 5.88 Å². The van der Waals surface area contributed by atoms with Gasteiger partial charge in [-0.15, -0.1) is 16.4 Å². The number of nitrogens with zero attached hydrogens (tertiary/aromatic N) is 4. The predicted molar refractivity (Wildman–Crippen MR) is 122 cm³/mol. The molecule has 1 N–H and O–H groups in total. The van der Waals surface area contributed by atoms with Gasteiger partial charge in [-0.05, 0) is 44.5 Å². The molecule has 30 heavy (non-hydrogen) atoms. The minimum Gasteiger partial charge on any atom is -0.466 e. The number of rotatable bonds is 5. The molecule has 1 amide bonds. The topological polar surface area (TPSA) is 81.9 Å². The van der Waals surface area contributed by atoms with Gasteiger partial charge in [-0.25, -0.2) is 14.6 Å². The zero-order chi connectivity index (χ0) is 21.4. The smallest absolute Gasteiger partial charge is 0.264 e. The van der Waals surface area contributed by atoms with Gasteiger partial charge in [-0.3, -0.25) is 10.1 Å². The van der Waals surface area contributed by atoms with Crippen molar-refractivity contribution in [3.63, 3.8) is 0 Å². The summed E-state index contributed by atoms with van der Waals surface area (Å²) in [6.45, 7) is 5.74. The number of halogens is 1. The van der Waals surface area contributed by atoms with Crippen LogP contribution in [0, 0.1) is 20.8 Å². The molecule has 7 nitrogen and oxygen atoms in total. The quantitative estimate of drug-likeness (QED) is 0.439. The normalized spacial score (nSPS) is 11.1. The highest BCUT2D eigenvalue weighted by Gasteiger charge is 2.17. The van der Waals surface area contributed by atoms with Crippen LogP contribution in [0.5, 0.6) is 5.88 Å². The van der Waals surface area contributed by atoms with Crippen LogP contribution in [0.15, 0.2) is 34.8 Å². The first kappa shape index (κ1) is 20.5. The first-order valence-electron chi connectivity index (χ1n) is 9.29. The fraction of sp³-hybridized carbons (Fsp3) is 0.238. The number of anilines is 1. The van der Waals surface area contributed by atoms with E-state index in [1.54, 1.807) is 4.68 Å². The number of aryl methyl sites for hydroxylation is 4. The van der Waals surface area contributed by atoms with Gasteiger partial charge in [0, 0.05) is 27.7 Å². The van der Waals surface area contributed by atoms with Crippen molar-refractivity contribution in [3.05, 3.63) is 50.9 Å². The van der Waals surface area contributed by atoms with E-state index in [4.69, 9.17) is 4.74 Å². The summed E-state index contributed by atoms with van der Waals surface area (Å²) in [5.74, 6) is 0.112. The molecule has 0 aliphatic rings. The second-order valence-electron chi connectivity index (χ2n) is 6.98. The van der Waals surface area contributed by atoms with Crippen LogP contribution in [0.25, 0.3) is 22.3 Å². The Morgan fingerprint density at radius 2 is 1.93 bits per heavy atom. The van der Waals surface area contributed by atoms with Crippen molar-refractivity contribution < 1.29 is 9.53 Å². The number of thiazole rings is 1. The zero-order valence-corrected chi connectivity index (χ0v) is 19.4. The number of carbonyl (C=O) groups excluding carboxylic acids is 1. The van der Waals surface area contributed by atoms with Crippen LogP contribution in [0.4, 0.5) is 5.13 Å². The first-order chi connectivity index (χ1) is 14.3. The Kier molecular flexibility index (Phi) is 5.57. The second kappa shape index (κ2) is 8.16. The summed E-state index contributed by atoms with van der Waals surface area (Å²) in [5.41, 5.74) is 4.51. The molecular formula is C21H20BrN5O2S. The van der Waals surface area contributed by atoms with Crippen molar-refractivity contribution in [2.24, 2.45) is 7.05 Å². The predicted octanol–water partition coefficient (Wildman–Crippen LogP) is 4.80. The van der Waals surface area contributed by atoms with E-state index in [0.29, 0.717) is 11.0 Å². The van der Waals surface area contributed by atoms with E-state index >= 15 is 0 Å². The summed E-state index contributed by atoms with van der Waals surface area (Å²) in [6, 6.07) is 9.89. The number of ether oxygens (including phenoxy) is 1. The van der Waals surface area contributed by atoms with Crippen molar-refractivity contribution in [2.45, 2.75) is 20.8 Å². The number of fused-ring (bicyclic) bond motifs is 1. The molecule has 9 heteroatoms. The number of amides is 1. The van der Waals surface area contributed by atoms with Crippen LogP contribution in [-0.2, 0) is 11.8 Å². The van der Waals surface area contributed by atoms with Crippen LogP contribution in [0.3, 0.4) is 0 Å². The van der Waals surface area contributed by atoms with Crippen molar-refractivity contribution >= 4 is 49.3 Å². The standard InChI is InChI=1S/C21H20BrN5O2S/c1-11-9-12(2)23-19-17(11)20(26-27(19)4)29-10-16(28)24-21-25-18(13(3)30-21)14-5-7-15(22)8-6-14/h5-9H,10H2,1-4H3,(H,24,25,28). The van der Waals surface area contributed by atoms with Gasteiger partial charge in [0.1, 0.15) is 0 Å². The molecule has 0 aliphatic heterocycles. The molecule has 0 bridgehead atoms. The molecule has 0 aliphatic carbocycles. The molecule has 154 valence electrons. The Bertz CT molecular complexity index is 1250. The van der Waals surface area contributed by atoms with Crippen LogP contribution >= 0.6 is 27.3 Å². The summed E-state index contributed by atoms with van der Waals surface area (Å²) in [4.78, 5) is 22.5. The molecule has 0 unspecified atom stereocenters. The van der Waals surface area contributed by atoms with Gasteiger partial charge in [0.25, 0.3) is 5.91 Å². The maximum Gasteiger partial charge on any atom is 0.264 e. The fourth-order valence-electron chi connectivity index (χ4n) is 3.26. The zero-order valence-electron chi connectivity index (χ0n) is 17.0. The third-order valence-electron chi connectivity index (χ3n) is 4.59. The summed E-state index contributed by atoms with van der Waals surface area (Å²) in [5, 5.41) is 8.55. The summed E-state index contributed by atoms with van der Waals surface area (Å²) < 4.78 is 8.39. The van der Waals surface area contributed by atoms with Gasteiger partial charge < -0.3 is 4.74 Å². The maximum atomic E-state index is 12.4. The number of benzene rings is 1. The number of carbonyl (C=O) groups is 1. The number of hydrogen-bond acceptors (Lipinski definition) is 6. The lowest BCUT2D eigenvalue weighted by Crippen LogP contribution is -2.20. The average molecular weight is 486 g/mol. The van der Waals surface area contributed by atoms with Gasteiger partial charge in [-0.2, -0.15) is 0 Å². The lowest BCUT2D eigenvalue weighted by atomic mass is 10.1. The summed E-state index contributed by atoms with van der Waals surface area (Å²) >= 11 is 4.87. The van der Waals surface area contributed by atoms with Gasteiger partial charge in [-0.1, -0.05) is 28.1 Å². The average Bonchev–Trinajstić information content (AvgIpc) is 3.20. The fourth-order valence-corrected chi connectivity index (χ4v) is 4.38. The summed E-state index contributed by atoms with van der Waals surface area (Å²) in [6.07, 6.45) is 0. The third-order valence-corrected chi connectivity index (χ3v) is 6.00. The van der Waals surface area contributed by atoms with Crippen LogP contribution in [-0.4, -0.2) is 32.3 Å². The lowest BCUT2D eigenvalue weighted by molar-refractivity contribution is -0.118. The Morgan fingerprint density at radius 3 is 2.67 bits per heavy atom. The Balaban J connectivity index is 1.47. The lowest BCUT2D eigenvalue weighted by Gasteiger charge is -2.05. The van der Waals surface area contributed by atoms with E-state index in [1.807, 2.05) is 58.2 Å². The molecule has 0 fully saturated rings. The van der Waals surface area contributed by atoms with Crippen molar-refractivity contribution in [1.82, 2.24) is 19.7 Å². The van der Waals surface area contributed by atoms with Gasteiger partial charge in [0.15, 0.2) is 17.4 Å². The molecule has 3 heterocycles. The monoisotopic (exact) mass is 485 g/mol. The van der Waals surface area contributed by atoms with Crippen LogP contribution in [0.2, 0.25) is 0 Å². The van der Waals surface area contributed by atoms with Crippen LogP contribution in [0.1, 0.15) is 16.1 Å². The van der Waals surface area contributed by atoms with E-state index in [0.717, 1.165) is 42.9 Å². The number of hydrogen-bond donors (Lipinski definition) is 1. The third kappa shape index (κ3) is 4.08. The van der Waals surface area contributed by atoms with E-state index in [1.165, 1.54) is 11.3 Å². The van der Waals surface area contributed by atoms with Crippen LogP contribution < -0.4 is 10.1 Å². The molecular weight excluding hydrogens is 466 g/mol. The summed E-state index contributed by atoms with van der Waals surface area (Å²) in [7, 11) is 1.81. The highest BCUT2D eigenvalue weighted by atomic mass is 79.9. The molecule has 1 aromatic carbocycles. The number of aromatic nitrogens is 4. The molecule has 0 atom stereocenters. The molecule has 4 aromatic rings. The van der Waals surface area contributed by atoms with E-state index in [2.05, 4.69) is 36.3 Å². The van der Waals surface area contributed by atoms with Crippen molar-refractivity contribution in [2.75, 3.05) is 11.9 Å².